The second-order valence-corrected chi connectivity index (χ2v) is 39.4. The van der Waals surface area contributed by atoms with E-state index in [1.807, 2.05) is 19.1 Å². The maximum atomic E-state index is 11.7. The van der Waals surface area contributed by atoms with Crippen molar-refractivity contribution in [2.24, 2.45) is 11.8 Å². The van der Waals surface area contributed by atoms with Gasteiger partial charge in [-0.2, -0.15) is 0 Å². The summed E-state index contributed by atoms with van der Waals surface area (Å²) in [4.78, 5) is 94.2. The third-order valence-electron chi connectivity index (χ3n) is 29.0. The Balaban J connectivity index is 0.000000113. The molecule has 9 aromatic heterocycles. The van der Waals surface area contributed by atoms with E-state index in [0.717, 1.165) is 385 Å². The van der Waals surface area contributed by atoms with Crippen molar-refractivity contribution in [1.29, 1.82) is 0 Å². The van der Waals surface area contributed by atoms with Crippen LogP contribution in [0.3, 0.4) is 0 Å². The average molecular weight is 2050 g/mol. The maximum Gasteiger partial charge on any atom is 0.316 e. The van der Waals surface area contributed by atoms with Crippen molar-refractivity contribution in [1.82, 2.24) is 89.9 Å². The average Bonchev–Trinajstić information content (AvgIpc) is 0.806. The Hall–Kier alpha value is -13.9. The van der Waals surface area contributed by atoms with Crippen LogP contribution < -0.4 is 63.6 Å². The van der Waals surface area contributed by atoms with Gasteiger partial charge >= 0.3 is 18.0 Å². The van der Waals surface area contributed by atoms with Gasteiger partial charge in [0, 0.05) is 223 Å². The summed E-state index contributed by atoms with van der Waals surface area (Å²) >= 11 is 5.82. The molecule has 5 aliphatic carbocycles. The molecule has 0 atom stereocenters. The summed E-state index contributed by atoms with van der Waals surface area (Å²) in [5, 5.41) is 15.4. The summed E-state index contributed by atoms with van der Waals surface area (Å²) in [6.45, 7) is 18.2. The Bertz CT molecular complexity index is 6470. The summed E-state index contributed by atoms with van der Waals surface area (Å²) in [6, 6.07) is 30.1. The van der Waals surface area contributed by atoms with Crippen LogP contribution in [0.5, 0.6) is 35.0 Å². The zero-order valence-electron chi connectivity index (χ0n) is 84.6. The van der Waals surface area contributed by atoms with Gasteiger partial charge in [0.15, 0.2) is 5.15 Å². The summed E-state index contributed by atoms with van der Waals surface area (Å²) in [6.07, 6.45) is 48.9. The highest BCUT2D eigenvalue weighted by molar-refractivity contribution is 6.29. The molecule has 24 rings (SSSR count). The third-order valence-corrected chi connectivity index (χ3v) is 29.2. The molecule has 14 heterocycles. The van der Waals surface area contributed by atoms with Crippen LogP contribution in [0.1, 0.15) is 140 Å². The number of nitrogens with one attached hydrogen (secondary N) is 2. The number of esters is 1. The van der Waals surface area contributed by atoms with Crippen LogP contribution in [0, 0.1) is 18.8 Å². The first-order valence-corrected chi connectivity index (χ1v) is 53.1. The zero-order valence-corrected chi connectivity index (χ0v) is 85.3. The van der Waals surface area contributed by atoms with Crippen LogP contribution in [0.15, 0.2) is 184 Å². The summed E-state index contributed by atoms with van der Waals surface area (Å²) < 4.78 is 70.0. The fourth-order valence-corrected chi connectivity index (χ4v) is 21.2. The number of hydrogen-bond acceptors (Lipinski definition) is 38. The first-order chi connectivity index (χ1) is 73.4. The molecule has 0 radical (unpaired) electrons. The van der Waals surface area contributed by atoms with Gasteiger partial charge in [0.1, 0.15) is 68.9 Å². The lowest BCUT2D eigenvalue weighted by Gasteiger charge is -2.31. The topological polar surface area (TPSA) is 400 Å². The van der Waals surface area contributed by atoms with Gasteiger partial charge in [0.05, 0.1) is 149 Å². The molecular formula is C110H130ClN25O13. The van der Waals surface area contributed by atoms with Gasteiger partial charge in [0.2, 0.25) is 0 Å². The number of methoxy groups -OCH3 is 1. The van der Waals surface area contributed by atoms with Gasteiger partial charge in [0.25, 0.3) is 0 Å². The fourth-order valence-electron chi connectivity index (χ4n) is 21.1. The number of carbonyl (C=O) groups is 1. The predicted molar refractivity (Wildman–Crippen MR) is 567 cm³/mol. The highest BCUT2D eigenvalue weighted by Crippen LogP contribution is 2.42. The zero-order chi connectivity index (χ0) is 101. The number of fused-ring (bicyclic) bond motifs is 5. The van der Waals surface area contributed by atoms with Gasteiger partial charge in [-0.3, -0.25) is 39.7 Å². The van der Waals surface area contributed by atoms with Crippen molar-refractivity contribution >= 4 is 113 Å². The van der Waals surface area contributed by atoms with E-state index in [4.69, 9.17) is 68.4 Å². The second-order valence-electron chi connectivity index (χ2n) is 39.0. The normalized spacial score (nSPS) is 22.2. The first-order valence-electron chi connectivity index (χ1n) is 52.7. The molecule has 10 aliphatic rings. The van der Waals surface area contributed by atoms with E-state index < -0.39 is 0 Å². The minimum atomic E-state index is -0.112. The Morgan fingerprint density at radius 3 is 0.987 bits per heavy atom. The molecule has 5 saturated heterocycles. The van der Waals surface area contributed by atoms with Crippen LogP contribution in [0.4, 0.5) is 40.1 Å². The van der Waals surface area contributed by atoms with Crippen molar-refractivity contribution in [3.8, 4) is 35.0 Å². The number of anilines is 7. The van der Waals surface area contributed by atoms with Crippen LogP contribution in [-0.4, -0.2) is 283 Å². The second kappa shape index (κ2) is 51.3. The van der Waals surface area contributed by atoms with Crippen LogP contribution in [0.2, 0.25) is 5.15 Å². The minimum Gasteiger partial charge on any atom is -0.488 e. The lowest BCUT2D eigenvalue weighted by molar-refractivity contribution is -0.147. The molecule has 14 aromatic rings. The highest BCUT2D eigenvalue weighted by Gasteiger charge is 2.34. The SMILES string of the molecule is COC(=O)C1CCC(Oc2cc(N3CCOCC3)cc3nccnc23)CC1.Cc1cncc(NC2CCC(Oc3cc(N4CCOCC4)cc4nccnc34)CC2)n1.Clc1ccc(NC2CCC(Oc3cc(N4CCOCC4)cc4nccnc34)CC2)nn1.c1cnc(OC2CCC(Cc3cc(N4CCOCC4)cc4nccnc34)CC2)nc1.c1cnc(OC2CCC(Oc3cc(N4CCOCC4)cc4nccnc34)CC2)nc1. The van der Waals surface area contributed by atoms with E-state index in [1.165, 1.54) is 18.4 Å². The minimum absolute atomic E-state index is 0.00827. The van der Waals surface area contributed by atoms with Gasteiger partial charge < -0.3 is 92.0 Å². The fraction of sp³-hybridized carbons (Fsp3) is 0.482. The van der Waals surface area contributed by atoms with Gasteiger partial charge in [-0.15, -0.1) is 10.2 Å². The first kappa shape index (κ1) is 102. The highest BCUT2D eigenvalue weighted by atomic mass is 35.5. The van der Waals surface area contributed by atoms with E-state index in [1.54, 1.807) is 111 Å². The molecule has 780 valence electrons. The number of halogens is 1. The number of carbonyl (C=O) groups excluding carboxylic acids is 1. The van der Waals surface area contributed by atoms with Gasteiger partial charge in [-0.25, -0.2) is 44.9 Å². The molecule has 0 bridgehead atoms. The number of hydrogen-bond donors (Lipinski definition) is 2. The molecule has 39 heteroatoms. The van der Waals surface area contributed by atoms with Crippen LogP contribution in [-0.2, 0) is 39.6 Å². The Morgan fingerprint density at radius 1 is 0.336 bits per heavy atom. The molecule has 149 heavy (non-hydrogen) atoms. The Kier molecular flexibility index (Phi) is 35.2. The summed E-state index contributed by atoms with van der Waals surface area (Å²) in [5.41, 5.74) is 16.6. The molecule has 0 spiro atoms. The number of aryl methyl sites for hydroxylation is 1. The number of ether oxygens (including phenoxy) is 12. The van der Waals surface area contributed by atoms with E-state index in [-0.39, 0.29) is 48.5 Å². The number of nitrogens with zero attached hydrogens (tertiary/aromatic N) is 23. The van der Waals surface area contributed by atoms with E-state index in [0.29, 0.717) is 35.2 Å². The summed E-state index contributed by atoms with van der Waals surface area (Å²) in [5.74, 6) is 5.33. The predicted octanol–water partition coefficient (Wildman–Crippen LogP) is 16.1. The molecule has 5 aliphatic heterocycles. The molecule has 2 N–H and O–H groups in total. The standard InChI is InChI=1S/C23H28N6O2.C23H27N5O2.C22H25ClN6O2.C22H25N5O3.C20H25N3O4/c1-16-14-24-15-22(27-16)28-17-2-4-19(5-3-17)31-21-13-18(29-8-10-30-11-9-29)12-20-23(21)26-7-6-25-20;1-6-26-23(27-7-1)30-20-4-2-17(3-5-20)14-18-15-19(28-10-12-29-13-11-28)16-21-22(18)25-9-8-24-21;23-20-5-6-21(28-27-20)26-15-1-3-17(4-2-15)31-19-14-16(29-9-11-30-12-10-29)13-18-22(19)25-8-7-24-18;1-6-25-22(26-7-1)30-18-4-2-17(3-5-18)29-20-15-16(27-10-12-28-13-11-27)14-19-21(20)24-9-8-23-19;1-25-20(24)14-2-4-16(5-3-14)27-18-13-15(23-8-10-26-11-9-23)12-17-19(18)22-7-6-21-17/h6-7,12-15,17,19H,2-5,8-11H2,1H3,(H,27,28);1,6-9,15-17,20H,2-5,10-14H2;5-8,13-15,17H,1-4,9-12H2,(H,26,28);1,6-9,14-15,17-18H,2-5,10-13H2;6-7,12-14,16H,2-5,8-11H2,1H3. The quantitative estimate of drug-likeness (QED) is 0.0531. The van der Waals surface area contributed by atoms with Crippen LogP contribution in [0.25, 0.3) is 55.2 Å². The number of rotatable bonds is 24. The van der Waals surface area contributed by atoms with Crippen molar-refractivity contribution in [3.63, 3.8) is 0 Å². The summed E-state index contributed by atoms with van der Waals surface area (Å²) in [7, 11) is 1.45. The molecule has 0 amide bonds. The van der Waals surface area contributed by atoms with Gasteiger partial charge in [-0.1, -0.05) is 11.6 Å². The van der Waals surface area contributed by atoms with Crippen molar-refractivity contribution in [2.45, 2.75) is 190 Å². The van der Waals surface area contributed by atoms with E-state index >= 15 is 0 Å². The van der Waals surface area contributed by atoms with E-state index in [9.17, 15) is 4.79 Å². The van der Waals surface area contributed by atoms with Gasteiger partial charge in [-0.05, 0) is 214 Å². The number of benzene rings is 5. The van der Waals surface area contributed by atoms with Crippen molar-refractivity contribution < 1.29 is 61.6 Å². The number of aromatic nitrogens is 18. The Labute approximate surface area is 871 Å². The lowest BCUT2D eigenvalue weighted by Crippen LogP contribution is -2.36. The molecular weight excluding hydrogens is 1910 g/mol. The molecule has 5 aromatic carbocycles. The molecule has 0 unspecified atom stereocenters. The smallest absolute Gasteiger partial charge is 0.316 e. The lowest BCUT2D eigenvalue weighted by atomic mass is 9.83. The molecule has 38 nitrogen and oxygen atoms in total. The van der Waals surface area contributed by atoms with E-state index in [2.05, 4.69) is 186 Å². The maximum absolute atomic E-state index is 11.7. The molecule has 5 saturated carbocycles. The molecule has 10 fully saturated rings. The van der Waals surface area contributed by atoms with Crippen LogP contribution >= 0.6 is 11.6 Å². The van der Waals surface area contributed by atoms with Crippen molar-refractivity contribution in [2.75, 3.05) is 174 Å². The van der Waals surface area contributed by atoms with Crippen molar-refractivity contribution in [3.05, 3.63) is 200 Å². The largest absolute Gasteiger partial charge is 0.488 e. The monoisotopic (exact) mass is 2040 g/mol. The third kappa shape index (κ3) is 28.0. The number of morpholine rings is 5. The Morgan fingerprint density at radius 2 is 0.644 bits per heavy atom.